The minimum atomic E-state index is 0.0370. The molecule has 1 aliphatic rings. The Morgan fingerprint density at radius 3 is 2.57 bits per heavy atom. The topological polar surface area (TPSA) is 29.1 Å². The third-order valence-electron chi connectivity index (χ3n) is 2.50. The van der Waals surface area contributed by atoms with Crippen LogP contribution in [0.5, 0.6) is 0 Å². The van der Waals surface area contributed by atoms with Crippen molar-refractivity contribution in [2.24, 2.45) is 0 Å². The normalized spacial score (nSPS) is 19.2. The third-order valence-corrected chi connectivity index (χ3v) is 2.50. The summed E-state index contributed by atoms with van der Waals surface area (Å²) < 4.78 is 0. The predicted molar refractivity (Wildman–Crippen MR) is 59.0 cm³/mol. The monoisotopic (exact) mass is 193 g/mol. The van der Waals surface area contributed by atoms with Gasteiger partial charge in [0.25, 0.3) is 0 Å². The zero-order valence-corrected chi connectivity index (χ0v) is 8.83. The van der Waals surface area contributed by atoms with Gasteiger partial charge in [0.2, 0.25) is 5.91 Å². The van der Waals surface area contributed by atoms with Crippen LogP contribution in [0.25, 0.3) is 0 Å². The molecule has 14 heavy (non-hydrogen) atoms. The van der Waals surface area contributed by atoms with Gasteiger partial charge >= 0.3 is 0 Å². The molecule has 0 aromatic rings. The Morgan fingerprint density at radius 1 is 1.21 bits per heavy atom. The number of carbonyl (C=O) groups is 1. The molecule has 0 aromatic heterocycles. The van der Waals surface area contributed by atoms with Crippen LogP contribution in [-0.4, -0.2) is 11.9 Å². The fourth-order valence-electron chi connectivity index (χ4n) is 1.75. The van der Waals surface area contributed by atoms with Crippen LogP contribution in [-0.2, 0) is 4.79 Å². The van der Waals surface area contributed by atoms with Crippen molar-refractivity contribution in [1.82, 2.24) is 5.32 Å². The second-order valence-electron chi connectivity index (χ2n) is 3.73. The first kappa shape index (κ1) is 11.0. The van der Waals surface area contributed by atoms with E-state index in [1.54, 1.807) is 12.2 Å². The van der Waals surface area contributed by atoms with E-state index < -0.39 is 0 Å². The van der Waals surface area contributed by atoms with Crippen molar-refractivity contribution in [3.63, 3.8) is 0 Å². The molecule has 0 heterocycles. The molecule has 0 spiro atoms. The van der Waals surface area contributed by atoms with E-state index >= 15 is 0 Å². The number of hydrogen-bond acceptors (Lipinski definition) is 1. The Labute approximate surface area is 86.1 Å². The average Bonchev–Trinajstić information content (AvgIpc) is 2.20. The Morgan fingerprint density at radius 2 is 1.93 bits per heavy atom. The van der Waals surface area contributed by atoms with Gasteiger partial charge in [-0.3, -0.25) is 4.79 Å². The molecule has 1 amide bonds. The Bertz CT molecular complexity index is 224. The van der Waals surface area contributed by atoms with Crippen LogP contribution in [0.1, 0.15) is 39.0 Å². The maximum Gasteiger partial charge on any atom is 0.244 e. The number of allylic oxidation sites excluding steroid dienone is 3. The lowest BCUT2D eigenvalue weighted by Crippen LogP contribution is -2.34. The summed E-state index contributed by atoms with van der Waals surface area (Å²) >= 11 is 0. The van der Waals surface area contributed by atoms with Crippen LogP contribution >= 0.6 is 0 Å². The maximum atomic E-state index is 11.4. The van der Waals surface area contributed by atoms with Crippen LogP contribution in [0.3, 0.4) is 0 Å². The van der Waals surface area contributed by atoms with E-state index in [1.807, 2.05) is 19.1 Å². The highest BCUT2D eigenvalue weighted by Gasteiger charge is 2.13. The minimum absolute atomic E-state index is 0.0370. The summed E-state index contributed by atoms with van der Waals surface area (Å²) in [5.41, 5.74) is 0. The molecular weight excluding hydrogens is 174 g/mol. The van der Waals surface area contributed by atoms with Crippen molar-refractivity contribution in [2.75, 3.05) is 0 Å². The van der Waals surface area contributed by atoms with Gasteiger partial charge < -0.3 is 5.32 Å². The number of carbonyl (C=O) groups excluding carboxylic acids is 1. The van der Waals surface area contributed by atoms with Gasteiger partial charge in [-0.2, -0.15) is 0 Å². The molecule has 0 saturated heterocycles. The lowest BCUT2D eigenvalue weighted by molar-refractivity contribution is -0.117. The van der Waals surface area contributed by atoms with E-state index in [1.165, 1.54) is 19.3 Å². The highest BCUT2D eigenvalue weighted by molar-refractivity contribution is 5.87. The van der Waals surface area contributed by atoms with Crippen molar-refractivity contribution in [3.05, 3.63) is 24.3 Å². The first-order chi connectivity index (χ1) is 6.83. The summed E-state index contributed by atoms with van der Waals surface area (Å²) in [6.07, 6.45) is 13.2. The second kappa shape index (κ2) is 6.41. The Hall–Kier alpha value is -1.05. The molecule has 0 aliphatic heterocycles. The van der Waals surface area contributed by atoms with E-state index in [2.05, 4.69) is 5.32 Å². The fourth-order valence-corrected chi connectivity index (χ4v) is 1.75. The molecule has 0 unspecified atom stereocenters. The molecule has 0 atom stereocenters. The molecule has 0 radical (unpaired) electrons. The van der Waals surface area contributed by atoms with Crippen LogP contribution in [0.4, 0.5) is 0 Å². The van der Waals surface area contributed by atoms with Crippen molar-refractivity contribution >= 4 is 5.91 Å². The van der Waals surface area contributed by atoms with Gasteiger partial charge in [0, 0.05) is 12.1 Å². The molecule has 78 valence electrons. The quantitative estimate of drug-likeness (QED) is 0.541. The number of hydrogen-bond donors (Lipinski definition) is 1. The first-order valence-corrected chi connectivity index (χ1v) is 5.43. The summed E-state index contributed by atoms with van der Waals surface area (Å²) in [5.74, 6) is 0.0370. The highest BCUT2D eigenvalue weighted by atomic mass is 16.1. The van der Waals surface area contributed by atoms with Crippen LogP contribution in [0.2, 0.25) is 0 Å². The van der Waals surface area contributed by atoms with Crippen LogP contribution in [0.15, 0.2) is 24.3 Å². The molecule has 1 saturated carbocycles. The summed E-state index contributed by atoms with van der Waals surface area (Å²) in [5, 5.41) is 3.02. The van der Waals surface area contributed by atoms with Crippen LogP contribution < -0.4 is 5.32 Å². The predicted octanol–water partition coefficient (Wildman–Crippen LogP) is 2.57. The largest absolute Gasteiger partial charge is 0.350 e. The SMILES string of the molecule is C/C=C/C=C/C(=O)NC1CCCCC1. The summed E-state index contributed by atoms with van der Waals surface area (Å²) in [7, 11) is 0. The Balaban J connectivity index is 2.25. The second-order valence-corrected chi connectivity index (χ2v) is 3.73. The zero-order valence-electron chi connectivity index (χ0n) is 8.83. The number of rotatable bonds is 3. The first-order valence-electron chi connectivity index (χ1n) is 5.43. The van der Waals surface area contributed by atoms with Crippen molar-refractivity contribution in [2.45, 2.75) is 45.1 Å². The minimum Gasteiger partial charge on any atom is -0.350 e. The zero-order chi connectivity index (χ0) is 10.2. The summed E-state index contributed by atoms with van der Waals surface area (Å²) in [4.78, 5) is 11.4. The fraction of sp³-hybridized carbons (Fsp3) is 0.583. The van der Waals surface area contributed by atoms with Gasteiger partial charge in [0.05, 0.1) is 0 Å². The lowest BCUT2D eigenvalue weighted by atomic mass is 9.95. The number of nitrogens with one attached hydrogen (secondary N) is 1. The van der Waals surface area contributed by atoms with Crippen molar-refractivity contribution < 1.29 is 4.79 Å². The molecule has 1 rings (SSSR count). The van der Waals surface area contributed by atoms with Gasteiger partial charge in [-0.15, -0.1) is 0 Å². The van der Waals surface area contributed by atoms with E-state index in [0.717, 1.165) is 12.8 Å². The molecule has 2 nitrogen and oxygen atoms in total. The lowest BCUT2D eigenvalue weighted by Gasteiger charge is -2.21. The van der Waals surface area contributed by atoms with Gasteiger partial charge in [0.15, 0.2) is 0 Å². The molecule has 1 fully saturated rings. The Kier molecular flexibility index (Phi) is 5.05. The molecule has 2 heteroatoms. The third kappa shape index (κ3) is 4.26. The van der Waals surface area contributed by atoms with E-state index in [-0.39, 0.29) is 5.91 Å². The van der Waals surface area contributed by atoms with E-state index in [4.69, 9.17) is 0 Å². The molecule has 0 bridgehead atoms. The smallest absolute Gasteiger partial charge is 0.244 e. The maximum absolute atomic E-state index is 11.4. The standard InChI is InChI=1S/C12H19NO/c1-2-3-5-10-12(14)13-11-8-6-4-7-9-11/h2-3,5,10-11H,4,6-9H2,1H3,(H,13,14)/b3-2+,10-5+. The van der Waals surface area contributed by atoms with Gasteiger partial charge in [-0.05, 0) is 19.8 Å². The van der Waals surface area contributed by atoms with Crippen molar-refractivity contribution in [3.8, 4) is 0 Å². The van der Waals surface area contributed by atoms with E-state index in [9.17, 15) is 4.79 Å². The summed E-state index contributed by atoms with van der Waals surface area (Å²) in [6, 6.07) is 0.409. The van der Waals surface area contributed by atoms with Crippen LogP contribution in [0, 0.1) is 0 Å². The molecule has 1 N–H and O–H groups in total. The average molecular weight is 193 g/mol. The molecule has 1 aliphatic carbocycles. The number of amides is 1. The summed E-state index contributed by atoms with van der Waals surface area (Å²) in [6.45, 7) is 1.93. The molecular formula is C12H19NO. The highest BCUT2D eigenvalue weighted by Crippen LogP contribution is 2.17. The van der Waals surface area contributed by atoms with Crippen molar-refractivity contribution in [1.29, 1.82) is 0 Å². The van der Waals surface area contributed by atoms with Gasteiger partial charge in [-0.25, -0.2) is 0 Å². The molecule has 0 aromatic carbocycles. The van der Waals surface area contributed by atoms with Gasteiger partial charge in [0.1, 0.15) is 0 Å². The van der Waals surface area contributed by atoms with E-state index in [0.29, 0.717) is 6.04 Å². The van der Waals surface area contributed by atoms with Gasteiger partial charge in [-0.1, -0.05) is 37.5 Å².